The quantitative estimate of drug-likeness (QED) is 0.816. The summed E-state index contributed by atoms with van der Waals surface area (Å²) in [5.74, 6) is -0.293. The van der Waals surface area contributed by atoms with Crippen LogP contribution in [-0.2, 0) is 0 Å². The van der Waals surface area contributed by atoms with Gasteiger partial charge in [0.25, 0.3) is 5.91 Å². The number of pyridine rings is 1. The van der Waals surface area contributed by atoms with Crippen LogP contribution in [0.3, 0.4) is 0 Å². The van der Waals surface area contributed by atoms with Gasteiger partial charge in [0.1, 0.15) is 0 Å². The lowest BCUT2D eigenvalue weighted by atomic mass is 10.2. The zero-order chi connectivity index (χ0) is 13.1. The summed E-state index contributed by atoms with van der Waals surface area (Å²) in [6, 6.07) is 9.09. The van der Waals surface area contributed by atoms with Gasteiger partial charge in [-0.05, 0) is 59.3 Å². The van der Waals surface area contributed by atoms with Crippen LogP contribution in [0.5, 0.6) is 0 Å². The standard InChI is InChI=1S/C13H12IN3O/c1-8-9(14)4-2-6-11(8)17-13(18)12-10(15)5-3-7-16-12/h2-7H,15H2,1H3,(H,17,18). The van der Waals surface area contributed by atoms with Crippen molar-refractivity contribution in [1.29, 1.82) is 0 Å². The van der Waals surface area contributed by atoms with Crippen molar-refractivity contribution in [2.24, 2.45) is 0 Å². The summed E-state index contributed by atoms with van der Waals surface area (Å²) >= 11 is 2.23. The van der Waals surface area contributed by atoms with Gasteiger partial charge in [0.2, 0.25) is 0 Å². The number of aromatic nitrogens is 1. The van der Waals surface area contributed by atoms with Crippen molar-refractivity contribution in [3.63, 3.8) is 0 Å². The maximum Gasteiger partial charge on any atom is 0.276 e. The Bertz CT molecular complexity index is 599. The smallest absolute Gasteiger partial charge is 0.276 e. The number of hydrogen-bond acceptors (Lipinski definition) is 3. The van der Waals surface area contributed by atoms with Gasteiger partial charge in [-0.25, -0.2) is 4.98 Å². The molecule has 1 amide bonds. The number of rotatable bonds is 2. The van der Waals surface area contributed by atoms with E-state index in [2.05, 4.69) is 32.9 Å². The number of nitrogens with zero attached hydrogens (tertiary/aromatic N) is 1. The molecule has 0 aliphatic heterocycles. The second-order valence-corrected chi connectivity index (χ2v) is 4.97. The molecule has 0 aliphatic carbocycles. The second-order valence-electron chi connectivity index (χ2n) is 3.81. The van der Waals surface area contributed by atoms with Gasteiger partial charge in [-0.1, -0.05) is 6.07 Å². The molecule has 2 rings (SSSR count). The number of carbonyl (C=O) groups excluding carboxylic acids is 1. The Morgan fingerprint density at radius 1 is 1.33 bits per heavy atom. The summed E-state index contributed by atoms with van der Waals surface area (Å²) in [5, 5.41) is 2.82. The Hall–Kier alpha value is -1.63. The average Bonchev–Trinajstić information content (AvgIpc) is 2.35. The number of hydrogen-bond donors (Lipinski definition) is 2. The first-order valence-electron chi connectivity index (χ1n) is 5.36. The zero-order valence-electron chi connectivity index (χ0n) is 9.77. The Morgan fingerprint density at radius 3 is 2.83 bits per heavy atom. The molecule has 1 heterocycles. The number of carbonyl (C=O) groups is 1. The van der Waals surface area contributed by atoms with Crippen LogP contribution >= 0.6 is 22.6 Å². The third-order valence-electron chi connectivity index (χ3n) is 2.57. The summed E-state index contributed by atoms with van der Waals surface area (Å²) in [4.78, 5) is 16.0. The third kappa shape index (κ3) is 2.61. The molecule has 0 aliphatic rings. The lowest BCUT2D eigenvalue weighted by molar-refractivity contribution is 0.102. The highest BCUT2D eigenvalue weighted by atomic mass is 127. The van der Waals surface area contributed by atoms with Gasteiger partial charge in [-0.3, -0.25) is 4.79 Å². The van der Waals surface area contributed by atoms with Crippen LogP contribution in [0.4, 0.5) is 11.4 Å². The van der Waals surface area contributed by atoms with Crippen molar-refractivity contribution in [1.82, 2.24) is 4.98 Å². The van der Waals surface area contributed by atoms with E-state index in [0.29, 0.717) is 5.69 Å². The van der Waals surface area contributed by atoms with E-state index in [-0.39, 0.29) is 11.6 Å². The minimum Gasteiger partial charge on any atom is -0.397 e. The maximum atomic E-state index is 12.0. The van der Waals surface area contributed by atoms with Crippen molar-refractivity contribution < 1.29 is 4.79 Å². The van der Waals surface area contributed by atoms with Crippen molar-refractivity contribution in [2.75, 3.05) is 11.1 Å². The van der Waals surface area contributed by atoms with Gasteiger partial charge in [0, 0.05) is 15.5 Å². The predicted octanol–water partition coefficient (Wildman–Crippen LogP) is 2.83. The van der Waals surface area contributed by atoms with Crippen LogP contribution in [0.15, 0.2) is 36.5 Å². The van der Waals surface area contributed by atoms with E-state index < -0.39 is 0 Å². The predicted molar refractivity (Wildman–Crippen MR) is 80.5 cm³/mol. The van der Waals surface area contributed by atoms with E-state index >= 15 is 0 Å². The Kier molecular flexibility index (Phi) is 3.81. The summed E-state index contributed by atoms with van der Waals surface area (Å²) in [5.41, 5.74) is 8.14. The Balaban J connectivity index is 2.27. The van der Waals surface area contributed by atoms with Crippen molar-refractivity contribution >= 4 is 39.9 Å². The van der Waals surface area contributed by atoms with Crippen LogP contribution in [0, 0.1) is 10.5 Å². The number of amides is 1. The monoisotopic (exact) mass is 353 g/mol. The fourth-order valence-electron chi connectivity index (χ4n) is 1.53. The van der Waals surface area contributed by atoms with Crippen LogP contribution < -0.4 is 11.1 Å². The molecule has 0 spiro atoms. The van der Waals surface area contributed by atoms with Crippen LogP contribution in [0.25, 0.3) is 0 Å². The Labute approximate surface area is 119 Å². The molecule has 5 heteroatoms. The van der Waals surface area contributed by atoms with Crippen molar-refractivity contribution in [2.45, 2.75) is 6.92 Å². The fourth-order valence-corrected chi connectivity index (χ4v) is 2.03. The number of benzene rings is 1. The lowest BCUT2D eigenvalue weighted by Gasteiger charge is -2.10. The maximum absolute atomic E-state index is 12.0. The van der Waals surface area contributed by atoms with E-state index in [9.17, 15) is 4.79 Å². The number of nitrogen functional groups attached to an aromatic ring is 1. The first kappa shape index (κ1) is 12.8. The van der Waals surface area contributed by atoms with Crippen molar-refractivity contribution in [3.8, 4) is 0 Å². The zero-order valence-corrected chi connectivity index (χ0v) is 11.9. The molecule has 3 N–H and O–H groups in total. The van der Waals surface area contributed by atoms with Gasteiger partial charge in [0.05, 0.1) is 5.69 Å². The van der Waals surface area contributed by atoms with Gasteiger partial charge in [0.15, 0.2) is 5.69 Å². The van der Waals surface area contributed by atoms with Gasteiger partial charge >= 0.3 is 0 Å². The molecular formula is C13H12IN3O. The Morgan fingerprint density at radius 2 is 2.11 bits per heavy atom. The highest BCUT2D eigenvalue weighted by Gasteiger charge is 2.12. The number of nitrogens with two attached hydrogens (primary N) is 1. The van der Waals surface area contributed by atoms with E-state index in [1.807, 2.05) is 25.1 Å². The summed E-state index contributed by atoms with van der Waals surface area (Å²) in [6.45, 7) is 1.96. The third-order valence-corrected chi connectivity index (χ3v) is 3.74. The summed E-state index contributed by atoms with van der Waals surface area (Å²) in [7, 11) is 0. The molecule has 0 atom stereocenters. The molecule has 1 aromatic carbocycles. The average molecular weight is 353 g/mol. The van der Waals surface area contributed by atoms with Gasteiger partial charge < -0.3 is 11.1 Å². The second kappa shape index (κ2) is 5.34. The van der Waals surface area contributed by atoms with E-state index in [1.54, 1.807) is 18.3 Å². The molecule has 0 bridgehead atoms. The molecule has 2 aromatic rings. The largest absolute Gasteiger partial charge is 0.397 e. The van der Waals surface area contributed by atoms with Crippen LogP contribution in [0.2, 0.25) is 0 Å². The normalized spacial score (nSPS) is 10.1. The van der Waals surface area contributed by atoms with E-state index in [0.717, 1.165) is 14.8 Å². The van der Waals surface area contributed by atoms with E-state index in [4.69, 9.17) is 5.73 Å². The van der Waals surface area contributed by atoms with E-state index in [1.165, 1.54) is 0 Å². The number of anilines is 2. The molecule has 0 fully saturated rings. The first-order valence-corrected chi connectivity index (χ1v) is 6.44. The first-order chi connectivity index (χ1) is 8.59. The van der Waals surface area contributed by atoms with Crippen LogP contribution in [-0.4, -0.2) is 10.9 Å². The van der Waals surface area contributed by atoms with Crippen LogP contribution in [0.1, 0.15) is 16.1 Å². The molecule has 18 heavy (non-hydrogen) atoms. The molecule has 0 unspecified atom stereocenters. The minimum atomic E-state index is -0.293. The molecule has 1 aromatic heterocycles. The SMILES string of the molecule is Cc1c(I)cccc1NC(=O)c1ncccc1N. The molecule has 0 saturated carbocycles. The number of nitrogens with one attached hydrogen (secondary N) is 1. The summed E-state index contributed by atoms with van der Waals surface area (Å²) < 4.78 is 1.10. The molecule has 4 nitrogen and oxygen atoms in total. The summed E-state index contributed by atoms with van der Waals surface area (Å²) in [6.07, 6.45) is 1.55. The van der Waals surface area contributed by atoms with Gasteiger partial charge in [-0.2, -0.15) is 0 Å². The van der Waals surface area contributed by atoms with Gasteiger partial charge in [-0.15, -0.1) is 0 Å². The molecule has 0 saturated heterocycles. The molecule has 92 valence electrons. The topological polar surface area (TPSA) is 68.0 Å². The molecular weight excluding hydrogens is 341 g/mol. The highest BCUT2D eigenvalue weighted by Crippen LogP contribution is 2.21. The number of halogens is 1. The fraction of sp³-hybridized carbons (Fsp3) is 0.0769. The van der Waals surface area contributed by atoms with Crippen molar-refractivity contribution in [3.05, 3.63) is 51.4 Å². The molecule has 0 radical (unpaired) electrons. The lowest BCUT2D eigenvalue weighted by Crippen LogP contribution is -2.16. The highest BCUT2D eigenvalue weighted by molar-refractivity contribution is 14.1. The minimum absolute atomic E-state index is 0.246.